The molecule has 2 N–H and O–H groups in total. The first-order chi connectivity index (χ1) is 13.4. The number of rotatable bonds is 10. The molecule has 0 aromatic heterocycles. The molecule has 1 saturated carbocycles. The number of amides is 1. The minimum Gasteiger partial charge on any atom is -0.379 e. The van der Waals surface area contributed by atoms with Crippen molar-refractivity contribution in [2.75, 3.05) is 66.6 Å². The summed E-state index contributed by atoms with van der Waals surface area (Å²) in [6, 6.07) is 0. The number of hydrogen-bond donors (Lipinski definition) is 2. The van der Waals surface area contributed by atoms with Crippen molar-refractivity contribution in [3.05, 3.63) is 0 Å². The lowest BCUT2D eigenvalue weighted by Gasteiger charge is -2.43. The summed E-state index contributed by atoms with van der Waals surface area (Å²) in [4.78, 5) is 20.5. The molecule has 0 radical (unpaired) electrons. The fraction of sp³-hybridized carbons (Fsp3) is 0.905. The Hall–Kier alpha value is -1.34. The molecule has 0 unspecified atom stereocenters. The molecule has 1 heterocycles. The maximum absolute atomic E-state index is 11.9. The first-order valence-corrected chi connectivity index (χ1v) is 10.9. The van der Waals surface area contributed by atoms with Gasteiger partial charge in [-0.1, -0.05) is 20.3 Å². The zero-order chi connectivity index (χ0) is 20.4. The lowest BCUT2D eigenvalue weighted by atomic mass is 9.64. The lowest BCUT2D eigenvalue weighted by Crippen LogP contribution is -2.47. The van der Waals surface area contributed by atoms with Gasteiger partial charge >= 0.3 is 0 Å². The first kappa shape index (κ1) is 22.9. The van der Waals surface area contributed by atoms with Crippen LogP contribution in [0, 0.1) is 11.3 Å². The Bertz CT molecular complexity index is 497. The summed E-state index contributed by atoms with van der Waals surface area (Å²) in [7, 11) is 3.54. The van der Waals surface area contributed by atoms with E-state index in [1.807, 2.05) is 0 Å². The van der Waals surface area contributed by atoms with Gasteiger partial charge in [-0.25, -0.2) is 4.99 Å². The highest BCUT2D eigenvalue weighted by atomic mass is 16.5. The topological polar surface area (TPSA) is 69.2 Å². The fourth-order valence-electron chi connectivity index (χ4n) is 4.06. The van der Waals surface area contributed by atoms with Gasteiger partial charge in [0.25, 0.3) is 0 Å². The van der Waals surface area contributed by atoms with Crippen LogP contribution in [0.1, 0.15) is 46.0 Å². The number of hydrogen-bond acceptors (Lipinski definition) is 4. The number of nitrogens with one attached hydrogen (secondary N) is 2. The van der Waals surface area contributed by atoms with Crippen LogP contribution in [0.25, 0.3) is 0 Å². The number of nitrogens with zero attached hydrogens (tertiary/aromatic N) is 3. The third-order valence-corrected chi connectivity index (χ3v) is 5.80. The average Bonchev–Trinajstić information content (AvgIpc) is 2.64. The van der Waals surface area contributed by atoms with E-state index in [1.54, 1.807) is 19.0 Å². The van der Waals surface area contributed by atoms with Crippen molar-refractivity contribution in [1.82, 2.24) is 20.4 Å². The van der Waals surface area contributed by atoms with E-state index in [0.29, 0.717) is 11.3 Å². The van der Waals surface area contributed by atoms with Crippen molar-refractivity contribution in [2.24, 2.45) is 16.3 Å². The monoisotopic (exact) mass is 395 g/mol. The van der Waals surface area contributed by atoms with E-state index in [4.69, 9.17) is 4.74 Å². The Kier molecular flexibility index (Phi) is 9.51. The molecule has 0 atom stereocenters. The van der Waals surface area contributed by atoms with Crippen molar-refractivity contribution in [3.8, 4) is 0 Å². The molecule has 7 nitrogen and oxygen atoms in total. The molecule has 28 heavy (non-hydrogen) atoms. The van der Waals surface area contributed by atoms with Crippen LogP contribution in [-0.2, 0) is 9.53 Å². The largest absolute Gasteiger partial charge is 0.379 e. The minimum absolute atomic E-state index is 0.0231. The summed E-state index contributed by atoms with van der Waals surface area (Å²) >= 11 is 0. The van der Waals surface area contributed by atoms with Gasteiger partial charge in [-0.15, -0.1) is 0 Å². The average molecular weight is 396 g/mol. The normalized spacial score (nSPS) is 20.0. The number of morpholine rings is 1. The maximum Gasteiger partial charge on any atom is 0.243 e. The smallest absolute Gasteiger partial charge is 0.243 e. The van der Waals surface area contributed by atoms with Crippen molar-refractivity contribution in [3.63, 3.8) is 0 Å². The summed E-state index contributed by atoms with van der Waals surface area (Å²) in [6.45, 7) is 11.4. The van der Waals surface area contributed by atoms with Gasteiger partial charge < -0.3 is 20.3 Å². The Labute approximate surface area is 171 Å². The van der Waals surface area contributed by atoms with Crippen molar-refractivity contribution < 1.29 is 9.53 Å². The minimum atomic E-state index is 0.0231. The molecular formula is C21H41N5O2. The number of carbonyl (C=O) groups is 1. The molecule has 1 aliphatic heterocycles. The van der Waals surface area contributed by atoms with Gasteiger partial charge in [-0.05, 0) is 43.6 Å². The molecule has 0 aromatic carbocycles. The molecule has 1 saturated heterocycles. The van der Waals surface area contributed by atoms with Gasteiger partial charge in [0.2, 0.25) is 5.91 Å². The highest BCUT2D eigenvalue weighted by Crippen LogP contribution is 2.45. The van der Waals surface area contributed by atoms with Gasteiger partial charge in [0.15, 0.2) is 5.96 Å². The van der Waals surface area contributed by atoms with Gasteiger partial charge in [0.05, 0.1) is 13.2 Å². The van der Waals surface area contributed by atoms with Crippen LogP contribution in [0.5, 0.6) is 0 Å². The molecule has 7 heteroatoms. The number of aliphatic imine (C=N–C) groups is 1. The van der Waals surface area contributed by atoms with Crippen molar-refractivity contribution >= 4 is 11.9 Å². The Morgan fingerprint density at radius 2 is 1.93 bits per heavy atom. The molecule has 2 rings (SSSR count). The SMILES string of the molecule is CC(C)CC1(CNC(=NCC(=O)N(C)C)NCCCN2CCOCC2)CCC1. The van der Waals surface area contributed by atoms with Gasteiger partial charge in [0, 0.05) is 40.3 Å². The zero-order valence-electron chi connectivity index (χ0n) is 18.4. The third kappa shape index (κ3) is 7.95. The fourth-order valence-corrected chi connectivity index (χ4v) is 4.06. The molecule has 0 spiro atoms. The first-order valence-electron chi connectivity index (χ1n) is 10.9. The zero-order valence-corrected chi connectivity index (χ0v) is 18.4. The van der Waals surface area contributed by atoms with Crippen molar-refractivity contribution in [2.45, 2.75) is 46.0 Å². The van der Waals surface area contributed by atoms with Crippen LogP contribution in [0.4, 0.5) is 0 Å². The third-order valence-electron chi connectivity index (χ3n) is 5.80. The van der Waals surface area contributed by atoms with Crippen LogP contribution in [0.15, 0.2) is 4.99 Å². The Balaban J connectivity index is 1.81. The van der Waals surface area contributed by atoms with Gasteiger partial charge in [0.1, 0.15) is 6.54 Å². The van der Waals surface area contributed by atoms with E-state index in [-0.39, 0.29) is 12.5 Å². The molecule has 162 valence electrons. The van der Waals surface area contributed by atoms with Crippen LogP contribution >= 0.6 is 0 Å². The lowest BCUT2D eigenvalue weighted by molar-refractivity contribution is -0.127. The van der Waals surface area contributed by atoms with Crippen LogP contribution in [0.2, 0.25) is 0 Å². The highest BCUT2D eigenvalue weighted by molar-refractivity contribution is 5.84. The second-order valence-electron chi connectivity index (χ2n) is 8.99. The molecule has 0 bridgehead atoms. The predicted octanol–water partition coefficient (Wildman–Crippen LogP) is 1.55. The van der Waals surface area contributed by atoms with E-state index < -0.39 is 0 Å². The molecule has 1 amide bonds. The highest BCUT2D eigenvalue weighted by Gasteiger charge is 2.37. The van der Waals surface area contributed by atoms with E-state index >= 15 is 0 Å². The molecule has 2 aliphatic rings. The molecule has 2 fully saturated rings. The summed E-state index contributed by atoms with van der Waals surface area (Å²) in [6.07, 6.45) is 6.21. The van der Waals surface area contributed by atoms with E-state index in [9.17, 15) is 4.79 Å². The summed E-state index contributed by atoms with van der Waals surface area (Å²) in [5, 5.41) is 6.97. The van der Waals surface area contributed by atoms with Gasteiger partial charge in [-0.2, -0.15) is 0 Å². The van der Waals surface area contributed by atoms with Crippen molar-refractivity contribution in [1.29, 1.82) is 0 Å². The number of likely N-dealkylation sites (N-methyl/N-ethyl adjacent to an activating group) is 1. The predicted molar refractivity (Wildman–Crippen MR) is 115 cm³/mol. The number of guanidine groups is 1. The van der Waals surface area contributed by atoms with E-state index in [0.717, 1.165) is 58.3 Å². The molecule has 0 aromatic rings. The van der Waals surface area contributed by atoms with Crippen LogP contribution < -0.4 is 10.6 Å². The van der Waals surface area contributed by atoms with Crippen LogP contribution in [0.3, 0.4) is 0 Å². The quantitative estimate of drug-likeness (QED) is 0.334. The maximum atomic E-state index is 11.9. The summed E-state index contributed by atoms with van der Waals surface area (Å²) < 4.78 is 5.40. The van der Waals surface area contributed by atoms with Gasteiger partial charge in [-0.3, -0.25) is 9.69 Å². The van der Waals surface area contributed by atoms with E-state index in [1.165, 1.54) is 25.7 Å². The van der Waals surface area contributed by atoms with E-state index in [2.05, 4.69) is 34.4 Å². The second kappa shape index (κ2) is 11.6. The summed E-state index contributed by atoms with van der Waals surface area (Å²) in [5.74, 6) is 1.50. The number of carbonyl (C=O) groups excluding carboxylic acids is 1. The van der Waals surface area contributed by atoms with Crippen LogP contribution in [-0.4, -0.2) is 88.2 Å². The second-order valence-corrected chi connectivity index (χ2v) is 8.99. The Morgan fingerprint density at radius 1 is 1.21 bits per heavy atom. The standard InChI is InChI=1S/C21H41N5O2/c1-18(2)15-21(7-5-8-21)17-24-20(23-16-19(27)25(3)4)22-9-6-10-26-11-13-28-14-12-26/h18H,5-17H2,1-4H3,(H2,22,23,24). The Morgan fingerprint density at radius 3 is 2.50 bits per heavy atom. The molecule has 1 aliphatic carbocycles. The summed E-state index contributed by atoms with van der Waals surface area (Å²) in [5.41, 5.74) is 0.399. The molecular weight excluding hydrogens is 354 g/mol. The number of ether oxygens (including phenoxy) is 1.